The van der Waals surface area contributed by atoms with Crippen molar-refractivity contribution in [3.8, 4) is 0 Å². The summed E-state index contributed by atoms with van der Waals surface area (Å²) < 4.78 is 0. The van der Waals surface area contributed by atoms with Crippen molar-refractivity contribution in [3.05, 3.63) is 0 Å². The summed E-state index contributed by atoms with van der Waals surface area (Å²) in [6.45, 7) is 5.94. The summed E-state index contributed by atoms with van der Waals surface area (Å²) in [7, 11) is 0. The fourth-order valence-corrected chi connectivity index (χ4v) is 1.83. The molecule has 3 unspecified atom stereocenters. The van der Waals surface area contributed by atoms with Gasteiger partial charge in [0.1, 0.15) is 6.17 Å². The van der Waals surface area contributed by atoms with Crippen LogP contribution in [0.2, 0.25) is 0 Å². The zero-order valence-electron chi connectivity index (χ0n) is 8.09. The van der Waals surface area contributed by atoms with Crippen LogP contribution in [0.3, 0.4) is 0 Å². The van der Waals surface area contributed by atoms with Crippen LogP contribution in [0, 0.1) is 5.92 Å². The minimum atomic E-state index is 0.204. The summed E-state index contributed by atoms with van der Waals surface area (Å²) in [5, 5.41) is 6.63. The standard InChI is InChI=1S/C8H17N5/c1-5(2)11-8-6-3-9-4-10-7(6)12-13-8/h6-10,12-13H,3-4H2,1-2H3. The van der Waals surface area contributed by atoms with Crippen molar-refractivity contribution < 1.29 is 0 Å². The minimum absolute atomic E-state index is 0.204. The Morgan fingerprint density at radius 2 is 2.15 bits per heavy atom. The molecule has 0 aliphatic carbocycles. The Labute approximate surface area is 78.3 Å². The predicted octanol–water partition coefficient (Wildman–Crippen LogP) is -1.01. The maximum Gasteiger partial charge on any atom is 0.118 e. The van der Waals surface area contributed by atoms with Crippen molar-refractivity contribution in [1.29, 1.82) is 0 Å². The summed E-state index contributed by atoms with van der Waals surface area (Å²) >= 11 is 0. The lowest BCUT2D eigenvalue weighted by Gasteiger charge is -2.27. The number of hydrogen-bond donors (Lipinski definition) is 4. The van der Waals surface area contributed by atoms with E-state index in [4.69, 9.17) is 0 Å². The molecular weight excluding hydrogens is 166 g/mol. The van der Waals surface area contributed by atoms with Crippen LogP contribution < -0.4 is 21.5 Å². The van der Waals surface area contributed by atoms with Crippen molar-refractivity contribution in [2.75, 3.05) is 13.2 Å². The van der Waals surface area contributed by atoms with E-state index in [2.05, 4.69) is 26.5 Å². The third kappa shape index (κ3) is 1.88. The van der Waals surface area contributed by atoms with E-state index in [0.29, 0.717) is 12.1 Å². The molecule has 0 aromatic rings. The number of rotatable bonds is 1. The summed E-state index contributed by atoms with van der Waals surface area (Å²) in [6.07, 6.45) is 0.560. The van der Waals surface area contributed by atoms with Gasteiger partial charge in [-0.1, -0.05) is 0 Å². The van der Waals surface area contributed by atoms with E-state index in [-0.39, 0.29) is 6.17 Å². The molecule has 2 aliphatic heterocycles. The number of fused-ring (bicyclic) bond motifs is 1. The van der Waals surface area contributed by atoms with Crippen molar-refractivity contribution in [3.63, 3.8) is 0 Å². The monoisotopic (exact) mass is 183 g/mol. The molecule has 0 saturated carbocycles. The molecule has 0 radical (unpaired) electrons. The zero-order valence-corrected chi connectivity index (χ0v) is 8.09. The highest BCUT2D eigenvalue weighted by Crippen LogP contribution is 2.15. The van der Waals surface area contributed by atoms with E-state index in [0.717, 1.165) is 18.9 Å². The van der Waals surface area contributed by atoms with Crippen LogP contribution in [0.15, 0.2) is 4.99 Å². The van der Waals surface area contributed by atoms with E-state index in [1.54, 1.807) is 0 Å². The molecule has 5 nitrogen and oxygen atoms in total. The van der Waals surface area contributed by atoms with E-state index in [9.17, 15) is 0 Å². The molecule has 2 rings (SSSR count). The maximum absolute atomic E-state index is 4.52. The Balaban J connectivity index is 2.03. The van der Waals surface area contributed by atoms with Crippen LogP contribution in [-0.2, 0) is 0 Å². The second-order valence-corrected chi connectivity index (χ2v) is 3.79. The highest BCUT2D eigenvalue weighted by Gasteiger charge is 2.36. The average molecular weight is 183 g/mol. The van der Waals surface area contributed by atoms with Gasteiger partial charge in [-0.3, -0.25) is 10.3 Å². The number of nitrogens with one attached hydrogen (secondary N) is 4. The first-order chi connectivity index (χ1) is 6.27. The molecule has 0 amide bonds. The molecule has 74 valence electrons. The third-order valence-electron chi connectivity index (χ3n) is 2.44. The van der Waals surface area contributed by atoms with Crippen molar-refractivity contribution >= 4 is 5.71 Å². The third-order valence-corrected chi connectivity index (χ3v) is 2.44. The largest absolute Gasteiger partial charge is 0.304 e. The maximum atomic E-state index is 4.52. The topological polar surface area (TPSA) is 60.5 Å². The van der Waals surface area contributed by atoms with Crippen LogP contribution in [-0.4, -0.2) is 31.3 Å². The summed E-state index contributed by atoms with van der Waals surface area (Å²) in [6, 6.07) is 0. The number of hydrazine groups is 1. The van der Waals surface area contributed by atoms with Gasteiger partial charge in [-0.05, 0) is 13.8 Å². The number of aliphatic imine (C=N–C) groups is 1. The van der Waals surface area contributed by atoms with Crippen LogP contribution in [0.1, 0.15) is 13.8 Å². The van der Waals surface area contributed by atoms with Crippen LogP contribution in [0.4, 0.5) is 0 Å². The summed E-state index contributed by atoms with van der Waals surface area (Å²) in [4.78, 5) is 4.52. The van der Waals surface area contributed by atoms with Gasteiger partial charge in [0.2, 0.25) is 0 Å². The molecule has 3 atom stereocenters. The summed E-state index contributed by atoms with van der Waals surface area (Å²) in [5.41, 5.74) is 7.51. The van der Waals surface area contributed by atoms with Crippen molar-refractivity contribution in [2.24, 2.45) is 10.9 Å². The molecule has 0 aromatic carbocycles. The first kappa shape index (κ1) is 9.08. The lowest BCUT2D eigenvalue weighted by atomic mass is 10.0. The molecule has 2 saturated heterocycles. The van der Waals surface area contributed by atoms with Crippen LogP contribution in [0.5, 0.6) is 0 Å². The quantitative estimate of drug-likeness (QED) is 0.394. The Hall–Kier alpha value is -0.490. The molecule has 4 N–H and O–H groups in total. The Morgan fingerprint density at radius 3 is 2.92 bits per heavy atom. The second-order valence-electron chi connectivity index (χ2n) is 3.79. The molecule has 2 heterocycles. The fourth-order valence-electron chi connectivity index (χ4n) is 1.83. The van der Waals surface area contributed by atoms with Gasteiger partial charge in [-0.25, -0.2) is 10.9 Å². The van der Waals surface area contributed by atoms with E-state index in [1.807, 2.05) is 13.8 Å². The summed E-state index contributed by atoms with van der Waals surface area (Å²) in [5.74, 6) is 0.503. The highest BCUT2D eigenvalue weighted by molar-refractivity contribution is 5.79. The smallest absolute Gasteiger partial charge is 0.118 e. The van der Waals surface area contributed by atoms with Gasteiger partial charge >= 0.3 is 0 Å². The zero-order chi connectivity index (χ0) is 9.26. The molecule has 0 spiro atoms. The molecule has 2 fully saturated rings. The predicted molar refractivity (Wildman–Crippen MR) is 52.1 cm³/mol. The Bertz CT molecular complexity index is 211. The first-order valence-electron chi connectivity index (χ1n) is 4.73. The first-order valence-corrected chi connectivity index (χ1v) is 4.73. The minimum Gasteiger partial charge on any atom is -0.304 e. The van der Waals surface area contributed by atoms with Gasteiger partial charge in [0, 0.05) is 24.8 Å². The average Bonchev–Trinajstić information content (AvgIpc) is 2.48. The second kappa shape index (κ2) is 3.71. The van der Waals surface area contributed by atoms with Crippen LogP contribution >= 0.6 is 0 Å². The van der Waals surface area contributed by atoms with Crippen LogP contribution in [0.25, 0.3) is 0 Å². The van der Waals surface area contributed by atoms with Gasteiger partial charge in [0.15, 0.2) is 0 Å². The van der Waals surface area contributed by atoms with Crippen molar-refractivity contribution in [1.82, 2.24) is 21.5 Å². The van der Waals surface area contributed by atoms with E-state index >= 15 is 0 Å². The number of hydrogen-bond acceptors (Lipinski definition) is 5. The highest BCUT2D eigenvalue weighted by atomic mass is 15.5. The van der Waals surface area contributed by atoms with Gasteiger partial charge < -0.3 is 5.32 Å². The SMILES string of the molecule is CC(C)=NC1NNC2NCNCC12. The number of nitrogens with zero attached hydrogens (tertiary/aromatic N) is 1. The van der Waals surface area contributed by atoms with Gasteiger partial charge in [-0.15, -0.1) is 0 Å². The molecular formula is C8H17N5. The molecule has 2 aliphatic rings. The van der Waals surface area contributed by atoms with Crippen molar-refractivity contribution in [2.45, 2.75) is 26.2 Å². The Morgan fingerprint density at radius 1 is 1.31 bits per heavy atom. The molecule has 0 bridgehead atoms. The lowest BCUT2D eigenvalue weighted by molar-refractivity contribution is 0.285. The molecule has 13 heavy (non-hydrogen) atoms. The van der Waals surface area contributed by atoms with Gasteiger partial charge in [0.05, 0.1) is 6.17 Å². The van der Waals surface area contributed by atoms with Gasteiger partial charge in [-0.2, -0.15) is 0 Å². The lowest BCUT2D eigenvalue weighted by Crippen LogP contribution is -2.54. The normalized spacial score (nSPS) is 38.5. The van der Waals surface area contributed by atoms with E-state index < -0.39 is 0 Å². The molecule has 5 heteroatoms. The van der Waals surface area contributed by atoms with E-state index in [1.165, 1.54) is 0 Å². The Kier molecular flexibility index (Phi) is 2.59. The fraction of sp³-hybridized carbons (Fsp3) is 0.875. The van der Waals surface area contributed by atoms with Gasteiger partial charge in [0.25, 0.3) is 0 Å². The molecule has 0 aromatic heterocycles.